The lowest BCUT2D eigenvalue weighted by Gasteiger charge is -2.15. The largest absolute Gasteiger partial charge is 0.383 e. The topological polar surface area (TPSA) is 76.3 Å². The van der Waals surface area contributed by atoms with Crippen molar-refractivity contribution >= 4 is 15.8 Å². The van der Waals surface area contributed by atoms with E-state index < -0.39 is 10.0 Å². The zero-order chi connectivity index (χ0) is 10.8. The number of aromatic nitrogens is 1. The van der Waals surface area contributed by atoms with Crippen LogP contribution in [-0.4, -0.2) is 31.3 Å². The monoisotopic (exact) mass is 215 g/mol. The SMILES string of the molecule is CCN(C)S(=O)(=O)c1cccnc1N. The maximum Gasteiger partial charge on any atom is 0.246 e. The molecule has 0 saturated carbocycles. The fourth-order valence-electron chi connectivity index (χ4n) is 0.959. The van der Waals surface area contributed by atoms with Gasteiger partial charge in [0.05, 0.1) is 0 Å². The zero-order valence-corrected chi connectivity index (χ0v) is 8.95. The number of sulfonamides is 1. The van der Waals surface area contributed by atoms with Gasteiger partial charge in [-0.3, -0.25) is 0 Å². The Morgan fingerprint density at radius 2 is 2.21 bits per heavy atom. The van der Waals surface area contributed by atoms with Gasteiger partial charge in [0.15, 0.2) is 0 Å². The normalized spacial score (nSPS) is 11.9. The van der Waals surface area contributed by atoms with Gasteiger partial charge in [-0.25, -0.2) is 17.7 Å². The number of hydrogen-bond donors (Lipinski definition) is 1. The van der Waals surface area contributed by atoms with Crippen LogP contribution in [0, 0.1) is 0 Å². The molecule has 2 N–H and O–H groups in total. The van der Waals surface area contributed by atoms with Crippen molar-refractivity contribution in [1.29, 1.82) is 0 Å². The van der Waals surface area contributed by atoms with Crippen LogP contribution >= 0.6 is 0 Å². The highest BCUT2D eigenvalue weighted by Crippen LogP contribution is 2.18. The van der Waals surface area contributed by atoms with Gasteiger partial charge < -0.3 is 5.73 Å². The van der Waals surface area contributed by atoms with Gasteiger partial charge in [-0.1, -0.05) is 6.92 Å². The van der Waals surface area contributed by atoms with Crippen LogP contribution in [0.4, 0.5) is 5.82 Å². The molecule has 0 aliphatic heterocycles. The third-order valence-corrected chi connectivity index (χ3v) is 3.91. The minimum absolute atomic E-state index is 0.0350. The fourth-order valence-corrected chi connectivity index (χ4v) is 2.20. The molecule has 1 aromatic heterocycles. The summed E-state index contributed by atoms with van der Waals surface area (Å²) in [4.78, 5) is 3.79. The van der Waals surface area contributed by atoms with Crippen LogP contribution in [0.2, 0.25) is 0 Å². The second-order valence-electron chi connectivity index (χ2n) is 2.81. The van der Waals surface area contributed by atoms with E-state index in [4.69, 9.17) is 5.73 Å². The summed E-state index contributed by atoms with van der Waals surface area (Å²) in [6.45, 7) is 2.15. The molecule has 5 nitrogen and oxygen atoms in total. The highest BCUT2D eigenvalue weighted by Gasteiger charge is 2.21. The van der Waals surface area contributed by atoms with Gasteiger partial charge in [0.1, 0.15) is 10.7 Å². The Bertz CT molecular complexity index is 416. The molecular weight excluding hydrogens is 202 g/mol. The van der Waals surface area contributed by atoms with Crippen molar-refractivity contribution in [2.24, 2.45) is 0 Å². The summed E-state index contributed by atoms with van der Waals surface area (Å²) in [7, 11) is -1.97. The molecule has 1 aromatic rings. The van der Waals surface area contributed by atoms with E-state index in [0.29, 0.717) is 6.54 Å². The standard InChI is InChI=1S/C8H13N3O2S/c1-3-11(2)14(12,13)7-5-4-6-10-8(7)9/h4-6H,3H2,1-2H3,(H2,9,10). The number of nitrogen functional groups attached to an aromatic ring is 1. The number of nitrogens with two attached hydrogens (primary N) is 1. The number of anilines is 1. The third kappa shape index (κ3) is 1.85. The van der Waals surface area contributed by atoms with Crippen LogP contribution in [0.15, 0.2) is 23.2 Å². The third-order valence-electron chi connectivity index (χ3n) is 1.93. The smallest absolute Gasteiger partial charge is 0.246 e. The Balaban J connectivity index is 3.24. The van der Waals surface area contributed by atoms with Crippen molar-refractivity contribution in [3.05, 3.63) is 18.3 Å². The highest BCUT2D eigenvalue weighted by atomic mass is 32.2. The van der Waals surface area contributed by atoms with E-state index in [-0.39, 0.29) is 10.7 Å². The molecule has 0 saturated heterocycles. The zero-order valence-electron chi connectivity index (χ0n) is 8.14. The lowest BCUT2D eigenvalue weighted by Crippen LogP contribution is -2.27. The first-order valence-electron chi connectivity index (χ1n) is 4.17. The van der Waals surface area contributed by atoms with Gasteiger partial charge in [0, 0.05) is 19.8 Å². The van der Waals surface area contributed by atoms with Crippen molar-refractivity contribution in [1.82, 2.24) is 9.29 Å². The van der Waals surface area contributed by atoms with Crippen molar-refractivity contribution < 1.29 is 8.42 Å². The molecule has 0 amide bonds. The Morgan fingerprint density at radius 1 is 1.57 bits per heavy atom. The van der Waals surface area contributed by atoms with Crippen molar-refractivity contribution in [3.63, 3.8) is 0 Å². The van der Waals surface area contributed by atoms with E-state index in [1.807, 2.05) is 0 Å². The van der Waals surface area contributed by atoms with Crippen LogP contribution in [0.5, 0.6) is 0 Å². The van der Waals surface area contributed by atoms with Gasteiger partial charge in [0.25, 0.3) is 0 Å². The van der Waals surface area contributed by atoms with Gasteiger partial charge in [-0.2, -0.15) is 0 Å². The molecule has 0 aromatic carbocycles. The molecule has 0 spiro atoms. The summed E-state index contributed by atoms with van der Waals surface area (Å²) < 4.78 is 24.8. The molecule has 0 aliphatic rings. The number of pyridine rings is 1. The van der Waals surface area contributed by atoms with E-state index in [0.717, 1.165) is 0 Å². The molecule has 14 heavy (non-hydrogen) atoms. The van der Waals surface area contributed by atoms with Gasteiger partial charge in [-0.05, 0) is 12.1 Å². The first kappa shape index (κ1) is 10.9. The molecule has 0 fully saturated rings. The molecule has 0 aliphatic carbocycles. The fraction of sp³-hybridized carbons (Fsp3) is 0.375. The van der Waals surface area contributed by atoms with Gasteiger partial charge in [0.2, 0.25) is 10.0 Å². The van der Waals surface area contributed by atoms with Gasteiger partial charge in [-0.15, -0.1) is 0 Å². The highest BCUT2D eigenvalue weighted by molar-refractivity contribution is 7.89. The summed E-state index contributed by atoms with van der Waals surface area (Å²) >= 11 is 0. The Morgan fingerprint density at radius 3 is 2.71 bits per heavy atom. The number of nitrogens with zero attached hydrogens (tertiary/aromatic N) is 2. The van der Waals surface area contributed by atoms with E-state index in [1.54, 1.807) is 13.0 Å². The van der Waals surface area contributed by atoms with Crippen LogP contribution in [0.3, 0.4) is 0 Å². The Labute approximate surface area is 83.6 Å². The Kier molecular flexibility index (Phi) is 3.07. The molecule has 78 valence electrons. The van der Waals surface area contributed by atoms with E-state index in [9.17, 15) is 8.42 Å². The molecule has 0 radical (unpaired) electrons. The Hall–Kier alpha value is -1.14. The number of rotatable bonds is 3. The number of hydrogen-bond acceptors (Lipinski definition) is 4. The lowest BCUT2D eigenvalue weighted by molar-refractivity contribution is 0.486. The van der Waals surface area contributed by atoms with Crippen molar-refractivity contribution in [3.8, 4) is 0 Å². The van der Waals surface area contributed by atoms with Crippen LogP contribution in [0.1, 0.15) is 6.92 Å². The minimum Gasteiger partial charge on any atom is -0.383 e. The quantitative estimate of drug-likeness (QED) is 0.787. The van der Waals surface area contributed by atoms with Crippen LogP contribution in [0.25, 0.3) is 0 Å². The second kappa shape index (κ2) is 3.93. The maximum absolute atomic E-state index is 11.8. The van der Waals surface area contributed by atoms with E-state index in [2.05, 4.69) is 4.98 Å². The first-order chi connectivity index (χ1) is 6.50. The van der Waals surface area contributed by atoms with E-state index in [1.165, 1.54) is 23.6 Å². The minimum atomic E-state index is -3.47. The van der Waals surface area contributed by atoms with Crippen molar-refractivity contribution in [2.45, 2.75) is 11.8 Å². The molecule has 0 atom stereocenters. The molecule has 1 rings (SSSR count). The summed E-state index contributed by atoms with van der Waals surface area (Å²) in [5.74, 6) is 0.0350. The van der Waals surface area contributed by atoms with Crippen LogP contribution < -0.4 is 5.73 Å². The predicted molar refractivity (Wildman–Crippen MR) is 54.1 cm³/mol. The van der Waals surface area contributed by atoms with Crippen molar-refractivity contribution in [2.75, 3.05) is 19.3 Å². The average Bonchev–Trinajstić information content (AvgIpc) is 2.17. The van der Waals surface area contributed by atoms with Crippen LogP contribution in [-0.2, 0) is 10.0 Å². The maximum atomic E-state index is 11.8. The van der Waals surface area contributed by atoms with E-state index >= 15 is 0 Å². The van der Waals surface area contributed by atoms with Gasteiger partial charge >= 0.3 is 0 Å². The summed E-state index contributed by atoms with van der Waals surface area (Å²) in [5.41, 5.74) is 5.48. The molecule has 0 bridgehead atoms. The average molecular weight is 215 g/mol. The molecule has 0 unspecified atom stereocenters. The first-order valence-corrected chi connectivity index (χ1v) is 5.61. The predicted octanol–water partition coefficient (Wildman–Crippen LogP) is 0.304. The summed E-state index contributed by atoms with van der Waals surface area (Å²) in [5, 5.41) is 0. The summed E-state index contributed by atoms with van der Waals surface area (Å²) in [6, 6.07) is 3.00. The summed E-state index contributed by atoms with van der Waals surface area (Å²) in [6.07, 6.45) is 1.46. The molecule has 1 heterocycles. The lowest BCUT2D eigenvalue weighted by atomic mass is 10.5. The second-order valence-corrected chi connectivity index (χ2v) is 4.82. The molecular formula is C8H13N3O2S. The molecule has 6 heteroatoms.